The predicted molar refractivity (Wildman–Crippen MR) is 82.9 cm³/mol. The minimum Gasteiger partial charge on any atom is -0.358 e. The average molecular weight is 397 g/mol. The second-order valence-electron chi connectivity index (χ2n) is 6.04. The second kappa shape index (κ2) is 7.75. The number of alkyl halides is 6. The third-order valence-corrected chi connectivity index (χ3v) is 4.14. The van der Waals surface area contributed by atoms with E-state index in [4.69, 9.17) is 0 Å². The Bertz CT molecular complexity index is 677. The van der Waals surface area contributed by atoms with Crippen molar-refractivity contribution in [1.29, 1.82) is 0 Å². The molecule has 0 aliphatic carbocycles. The van der Waals surface area contributed by atoms with Gasteiger partial charge in [0.15, 0.2) is 0 Å². The summed E-state index contributed by atoms with van der Waals surface area (Å²) in [7, 11) is 1.47. The number of nitrogens with zero attached hydrogens (tertiary/aromatic N) is 2. The van der Waals surface area contributed by atoms with Crippen LogP contribution in [0.15, 0.2) is 18.2 Å². The quantitative estimate of drug-likeness (QED) is 0.796. The third kappa shape index (κ3) is 5.34. The Balaban J connectivity index is 2.20. The van der Waals surface area contributed by atoms with E-state index < -0.39 is 35.0 Å². The highest BCUT2D eigenvalue weighted by Gasteiger charge is 2.38. The van der Waals surface area contributed by atoms with E-state index >= 15 is 0 Å². The van der Waals surface area contributed by atoms with Gasteiger partial charge in [-0.2, -0.15) is 26.3 Å². The van der Waals surface area contributed by atoms with Gasteiger partial charge in [-0.1, -0.05) is 0 Å². The van der Waals surface area contributed by atoms with E-state index in [0.717, 1.165) is 0 Å². The third-order valence-electron chi connectivity index (χ3n) is 4.14. The molecule has 0 unspecified atom stereocenters. The van der Waals surface area contributed by atoms with Gasteiger partial charge in [-0.05, 0) is 18.2 Å². The predicted octanol–water partition coefficient (Wildman–Crippen LogP) is 2.23. The van der Waals surface area contributed by atoms with Crippen molar-refractivity contribution in [1.82, 2.24) is 15.1 Å². The molecule has 1 aromatic rings. The van der Waals surface area contributed by atoms with Crippen LogP contribution in [0.4, 0.5) is 26.3 Å². The van der Waals surface area contributed by atoms with Gasteiger partial charge >= 0.3 is 12.4 Å². The SMILES string of the molecule is CNC(=O)CN1CCN(C(=O)c2cc(C(F)(F)F)cc(C(F)(F)F)c2)CC1. The molecule has 0 atom stereocenters. The van der Waals surface area contributed by atoms with Gasteiger partial charge in [-0.3, -0.25) is 14.5 Å². The van der Waals surface area contributed by atoms with E-state index in [-0.39, 0.29) is 44.7 Å². The summed E-state index contributed by atoms with van der Waals surface area (Å²) in [4.78, 5) is 26.7. The summed E-state index contributed by atoms with van der Waals surface area (Å²) in [6, 6.07) is 0.834. The van der Waals surface area contributed by atoms with Gasteiger partial charge in [0.2, 0.25) is 5.91 Å². The van der Waals surface area contributed by atoms with Crippen LogP contribution >= 0.6 is 0 Å². The number of halogens is 6. The Morgan fingerprint density at radius 1 is 0.926 bits per heavy atom. The number of rotatable bonds is 3. The first kappa shape index (κ1) is 21.0. The number of hydrogen-bond donors (Lipinski definition) is 1. The molecule has 1 aromatic carbocycles. The molecule has 27 heavy (non-hydrogen) atoms. The van der Waals surface area contributed by atoms with E-state index in [1.54, 1.807) is 4.90 Å². The first-order valence-corrected chi connectivity index (χ1v) is 7.93. The molecule has 1 saturated heterocycles. The van der Waals surface area contributed by atoms with Gasteiger partial charge in [-0.25, -0.2) is 0 Å². The molecule has 1 heterocycles. The number of likely N-dealkylation sites (N-methyl/N-ethyl adjacent to an activating group) is 1. The van der Waals surface area contributed by atoms with Gasteiger partial charge in [0, 0.05) is 38.8 Å². The molecule has 0 spiro atoms. The summed E-state index contributed by atoms with van der Waals surface area (Å²) in [5.41, 5.74) is -3.73. The summed E-state index contributed by atoms with van der Waals surface area (Å²) in [5, 5.41) is 2.44. The summed E-state index contributed by atoms with van der Waals surface area (Å²) in [6.45, 7) is 0.843. The van der Waals surface area contributed by atoms with Crippen LogP contribution in [-0.4, -0.2) is 61.4 Å². The molecule has 0 aromatic heterocycles. The Morgan fingerprint density at radius 2 is 1.41 bits per heavy atom. The lowest BCUT2D eigenvalue weighted by molar-refractivity contribution is -0.143. The Kier molecular flexibility index (Phi) is 6.03. The summed E-state index contributed by atoms with van der Waals surface area (Å²) < 4.78 is 77.5. The van der Waals surface area contributed by atoms with Gasteiger partial charge < -0.3 is 10.2 Å². The van der Waals surface area contributed by atoms with E-state index in [9.17, 15) is 35.9 Å². The summed E-state index contributed by atoms with van der Waals surface area (Å²) in [5.74, 6) is -1.14. The van der Waals surface area contributed by atoms with Crippen LogP contribution in [0.5, 0.6) is 0 Å². The molecule has 11 heteroatoms. The van der Waals surface area contributed by atoms with Crippen molar-refractivity contribution in [3.63, 3.8) is 0 Å². The zero-order valence-electron chi connectivity index (χ0n) is 14.2. The maximum atomic E-state index is 12.9. The molecule has 1 fully saturated rings. The van der Waals surface area contributed by atoms with Gasteiger partial charge in [0.1, 0.15) is 0 Å². The van der Waals surface area contributed by atoms with Crippen LogP contribution in [0, 0.1) is 0 Å². The van der Waals surface area contributed by atoms with Gasteiger partial charge in [-0.15, -0.1) is 0 Å². The molecule has 150 valence electrons. The fraction of sp³-hybridized carbons (Fsp3) is 0.500. The summed E-state index contributed by atoms with van der Waals surface area (Å²) in [6.07, 6.45) is -10.0. The van der Waals surface area contributed by atoms with Crippen molar-refractivity contribution in [3.05, 3.63) is 34.9 Å². The minimum absolute atomic E-state index is 0.0158. The molecule has 0 saturated carbocycles. The molecular weight excluding hydrogens is 380 g/mol. The zero-order valence-corrected chi connectivity index (χ0v) is 14.2. The van der Waals surface area contributed by atoms with Crippen molar-refractivity contribution in [2.24, 2.45) is 0 Å². The molecular formula is C16H17F6N3O2. The average Bonchev–Trinajstić information content (AvgIpc) is 2.59. The van der Waals surface area contributed by atoms with E-state index in [1.165, 1.54) is 11.9 Å². The maximum Gasteiger partial charge on any atom is 0.416 e. The zero-order chi connectivity index (χ0) is 20.4. The molecule has 5 nitrogen and oxygen atoms in total. The standard InChI is InChI=1S/C16H17F6N3O2/c1-23-13(26)9-24-2-4-25(5-3-24)14(27)10-6-11(15(17,18)19)8-12(7-10)16(20,21)22/h6-8H,2-5,9H2,1H3,(H,23,26). The molecule has 0 bridgehead atoms. The van der Waals surface area contributed by atoms with Crippen LogP contribution in [0.3, 0.4) is 0 Å². The largest absolute Gasteiger partial charge is 0.416 e. The highest BCUT2D eigenvalue weighted by Crippen LogP contribution is 2.36. The molecule has 1 aliphatic rings. The monoisotopic (exact) mass is 397 g/mol. The number of carbonyl (C=O) groups excluding carboxylic acids is 2. The first-order chi connectivity index (χ1) is 12.4. The number of nitrogens with one attached hydrogen (secondary N) is 1. The lowest BCUT2D eigenvalue weighted by Crippen LogP contribution is -2.50. The highest BCUT2D eigenvalue weighted by molar-refractivity contribution is 5.94. The van der Waals surface area contributed by atoms with Crippen molar-refractivity contribution >= 4 is 11.8 Å². The number of hydrogen-bond acceptors (Lipinski definition) is 3. The minimum atomic E-state index is -5.01. The first-order valence-electron chi connectivity index (χ1n) is 7.93. The topological polar surface area (TPSA) is 52.7 Å². The Labute approximate surface area is 150 Å². The van der Waals surface area contributed by atoms with Crippen LogP contribution < -0.4 is 5.32 Å². The molecule has 2 amide bonds. The van der Waals surface area contributed by atoms with Crippen LogP contribution in [0.1, 0.15) is 21.5 Å². The Hall–Kier alpha value is -2.30. The normalized spacial score (nSPS) is 16.3. The van der Waals surface area contributed by atoms with Crippen molar-refractivity contribution in [2.45, 2.75) is 12.4 Å². The van der Waals surface area contributed by atoms with E-state index in [0.29, 0.717) is 12.1 Å². The van der Waals surface area contributed by atoms with Gasteiger partial charge in [0.25, 0.3) is 5.91 Å². The fourth-order valence-corrected chi connectivity index (χ4v) is 2.65. The van der Waals surface area contributed by atoms with Crippen LogP contribution in [0.2, 0.25) is 0 Å². The smallest absolute Gasteiger partial charge is 0.358 e. The summed E-state index contributed by atoms with van der Waals surface area (Å²) >= 11 is 0. The van der Waals surface area contributed by atoms with Crippen molar-refractivity contribution < 1.29 is 35.9 Å². The highest BCUT2D eigenvalue weighted by atomic mass is 19.4. The number of piperazine rings is 1. The number of carbonyl (C=O) groups is 2. The number of amides is 2. The fourth-order valence-electron chi connectivity index (χ4n) is 2.65. The Morgan fingerprint density at radius 3 is 1.81 bits per heavy atom. The maximum absolute atomic E-state index is 12.9. The van der Waals surface area contributed by atoms with Crippen LogP contribution in [0.25, 0.3) is 0 Å². The second-order valence-corrected chi connectivity index (χ2v) is 6.04. The van der Waals surface area contributed by atoms with Crippen molar-refractivity contribution in [2.75, 3.05) is 39.8 Å². The molecule has 2 rings (SSSR count). The molecule has 0 radical (unpaired) electrons. The lowest BCUT2D eigenvalue weighted by atomic mass is 10.0. The molecule has 1 N–H and O–H groups in total. The number of benzene rings is 1. The van der Waals surface area contributed by atoms with E-state index in [2.05, 4.69) is 5.32 Å². The van der Waals surface area contributed by atoms with Gasteiger partial charge in [0.05, 0.1) is 17.7 Å². The van der Waals surface area contributed by atoms with E-state index in [1.807, 2.05) is 0 Å². The van der Waals surface area contributed by atoms with Crippen LogP contribution in [-0.2, 0) is 17.1 Å². The molecule has 1 aliphatic heterocycles. The van der Waals surface area contributed by atoms with Crippen molar-refractivity contribution in [3.8, 4) is 0 Å². The lowest BCUT2D eigenvalue weighted by Gasteiger charge is -2.34.